The van der Waals surface area contributed by atoms with Crippen molar-refractivity contribution in [3.8, 4) is 0 Å². The number of urea groups is 1. The summed E-state index contributed by atoms with van der Waals surface area (Å²) in [5.74, 6) is 0.772. The lowest BCUT2D eigenvalue weighted by Crippen LogP contribution is -2.46. The number of nitrogens with one attached hydrogen (secondary N) is 1. The molecule has 0 bridgehead atoms. The molecule has 94 valence electrons. The van der Waals surface area contributed by atoms with Gasteiger partial charge in [-0.1, -0.05) is 32.1 Å². The first-order valence-corrected chi connectivity index (χ1v) is 6.32. The summed E-state index contributed by atoms with van der Waals surface area (Å²) < 4.78 is 0. The third-order valence-electron chi connectivity index (χ3n) is 3.67. The van der Waals surface area contributed by atoms with Crippen LogP contribution in [0.2, 0.25) is 0 Å². The van der Waals surface area contributed by atoms with Crippen molar-refractivity contribution >= 4 is 6.03 Å². The topological polar surface area (TPSA) is 58.4 Å². The molecule has 0 spiro atoms. The molecule has 4 nitrogen and oxygen atoms in total. The molecule has 0 aromatic heterocycles. The van der Waals surface area contributed by atoms with E-state index in [1.54, 1.807) is 11.9 Å². The van der Waals surface area contributed by atoms with Crippen LogP contribution in [0.3, 0.4) is 0 Å². The lowest BCUT2D eigenvalue weighted by Gasteiger charge is -2.31. The van der Waals surface area contributed by atoms with E-state index in [-0.39, 0.29) is 12.1 Å². The Hall–Kier alpha value is -0.770. The highest BCUT2D eigenvalue weighted by Gasteiger charge is 2.22. The number of likely N-dealkylation sites (N-methyl/N-ethyl adjacent to an activating group) is 2. The van der Waals surface area contributed by atoms with E-state index in [9.17, 15) is 4.79 Å². The summed E-state index contributed by atoms with van der Waals surface area (Å²) in [5.41, 5.74) is 5.33. The summed E-state index contributed by atoms with van der Waals surface area (Å²) in [6.45, 7) is 0.829. The Morgan fingerprint density at radius 3 is 2.56 bits per heavy atom. The molecule has 0 saturated heterocycles. The Balaban J connectivity index is 2.45. The van der Waals surface area contributed by atoms with E-state index < -0.39 is 0 Å². The highest BCUT2D eigenvalue weighted by Crippen LogP contribution is 2.28. The minimum Gasteiger partial charge on any atom is -0.351 e. The molecule has 3 N–H and O–H groups in total. The SMILES string of the molecule is CNC[C@H](CC1CCCCC1)N(C)C(N)=O. The third-order valence-corrected chi connectivity index (χ3v) is 3.67. The van der Waals surface area contributed by atoms with Crippen LogP contribution >= 0.6 is 0 Å². The Morgan fingerprint density at radius 1 is 1.44 bits per heavy atom. The number of hydrogen-bond donors (Lipinski definition) is 2. The maximum atomic E-state index is 11.2. The molecule has 1 rings (SSSR count). The van der Waals surface area contributed by atoms with Gasteiger partial charge in [-0.25, -0.2) is 4.79 Å². The van der Waals surface area contributed by atoms with E-state index >= 15 is 0 Å². The van der Waals surface area contributed by atoms with Gasteiger partial charge in [-0.15, -0.1) is 0 Å². The molecule has 1 atom stereocenters. The molecular weight excluding hydrogens is 202 g/mol. The first-order valence-electron chi connectivity index (χ1n) is 6.32. The average molecular weight is 227 g/mol. The normalized spacial score (nSPS) is 19.4. The van der Waals surface area contributed by atoms with Gasteiger partial charge in [0.1, 0.15) is 0 Å². The monoisotopic (exact) mass is 227 g/mol. The van der Waals surface area contributed by atoms with Crippen LogP contribution in [0.4, 0.5) is 4.79 Å². The minimum absolute atomic E-state index is 0.241. The molecule has 4 heteroatoms. The molecule has 0 aromatic rings. The van der Waals surface area contributed by atoms with Crippen molar-refractivity contribution in [2.75, 3.05) is 20.6 Å². The number of nitrogens with two attached hydrogens (primary N) is 1. The van der Waals surface area contributed by atoms with Gasteiger partial charge in [0.05, 0.1) is 0 Å². The molecular formula is C12H25N3O. The Labute approximate surface area is 98.6 Å². The lowest BCUT2D eigenvalue weighted by atomic mass is 9.84. The van der Waals surface area contributed by atoms with Crippen LogP contribution in [0.25, 0.3) is 0 Å². The summed E-state index contributed by atoms with van der Waals surface area (Å²) >= 11 is 0. The van der Waals surface area contributed by atoms with Crippen LogP contribution in [0, 0.1) is 5.92 Å². The number of amides is 2. The molecule has 0 radical (unpaired) electrons. The number of carbonyl (C=O) groups is 1. The lowest BCUT2D eigenvalue weighted by molar-refractivity contribution is 0.179. The first-order chi connectivity index (χ1) is 7.65. The fourth-order valence-electron chi connectivity index (χ4n) is 2.60. The standard InChI is InChI=1S/C12H25N3O/c1-14-9-11(15(2)12(13)16)8-10-6-4-3-5-7-10/h10-11,14H,3-9H2,1-2H3,(H2,13,16)/t11-/m0/s1. The van der Waals surface area contributed by atoms with Crippen molar-refractivity contribution in [1.82, 2.24) is 10.2 Å². The van der Waals surface area contributed by atoms with E-state index in [1.165, 1.54) is 32.1 Å². The second-order valence-electron chi connectivity index (χ2n) is 4.90. The predicted molar refractivity (Wildman–Crippen MR) is 66.3 cm³/mol. The van der Waals surface area contributed by atoms with Crippen LogP contribution < -0.4 is 11.1 Å². The maximum Gasteiger partial charge on any atom is 0.314 e. The number of primary amides is 1. The van der Waals surface area contributed by atoms with Crippen LogP contribution in [0.5, 0.6) is 0 Å². The predicted octanol–water partition coefficient (Wildman–Crippen LogP) is 1.56. The fourth-order valence-corrected chi connectivity index (χ4v) is 2.60. The molecule has 0 unspecified atom stereocenters. The number of carbonyl (C=O) groups excluding carboxylic acids is 1. The number of hydrogen-bond acceptors (Lipinski definition) is 2. The van der Waals surface area contributed by atoms with Crippen LogP contribution in [0.15, 0.2) is 0 Å². The van der Waals surface area contributed by atoms with Crippen molar-refractivity contribution in [2.45, 2.75) is 44.6 Å². The average Bonchev–Trinajstić information content (AvgIpc) is 2.29. The van der Waals surface area contributed by atoms with Gasteiger partial charge in [0.2, 0.25) is 0 Å². The Bertz CT molecular complexity index is 214. The van der Waals surface area contributed by atoms with Gasteiger partial charge in [-0.3, -0.25) is 0 Å². The Kier molecular flexibility index (Phi) is 5.60. The molecule has 0 aliphatic heterocycles. The highest BCUT2D eigenvalue weighted by molar-refractivity contribution is 5.72. The van der Waals surface area contributed by atoms with Gasteiger partial charge >= 0.3 is 6.03 Å². The third kappa shape index (κ3) is 4.00. The van der Waals surface area contributed by atoms with E-state index in [0.717, 1.165) is 18.9 Å². The summed E-state index contributed by atoms with van der Waals surface area (Å²) in [5, 5.41) is 3.14. The van der Waals surface area contributed by atoms with E-state index in [1.807, 2.05) is 7.05 Å². The van der Waals surface area contributed by atoms with Gasteiger partial charge < -0.3 is 16.0 Å². The van der Waals surface area contributed by atoms with Crippen molar-refractivity contribution in [3.63, 3.8) is 0 Å². The molecule has 0 aromatic carbocycles. The van der Waals surface area contributed by atoms with Crippen molar-refractivity contribution in [3.05, 3.63) is 0 Å². The van der Waals surface area contributed by atoms with Gasteiger partial charge in [-0.2, -0.15) is 0 Å². The van der Waals surface area contributed by atoms with E-state index in [4.69, 9.17) is 5.73 Å². The summed E-state index contributed by atoms with van der Waals surface area (Å²) in [7, 11) is 3.72. The zero-order valence-electron chi connectivity index (χ0n) is 10.5. The number of rotatable bonds is 5. The Morgan fingerprint density at radius 2 is 2.06 bits per heavy atom. The van der Waals surface area contributed by atoms with Crippen molar-refractivity contribution in [2.24, 2.45) is 11.7 Å². The molecule has 1 saturated carbocycles. The zero-order valence-corrected chi connectivity index (χ0v) is 10.5. The van der Waals surface area contributed by atoms with Gasteiger partial charge in [0.15, 0.2) is 0 Å². The second-order valence-corrected chi connectivity index (χ2v) is 4.90. The van der Waals surface area contributed by atoms with Crippen LogP contribution in [-0.4, -0.2) is 37.6 Å². The zero-order chi connectivity index (χ0) is 12.0. The molecule has 1 aliphatic carbocycles. The second kappa shape index (κ2) is 6.74. The summed E-state index contributed by atoms with van der Waals surface area (Å²) in [6, 6.07) is -0.0818. The fraction of sp³-hybridized carbons (Fsp3) is 0.917. The van der Waals surface area contributed by atoms with Gasteiger partial charge in [0, 0.05) is 19.6 Å². The van der Waals surface area contributed by atoms with Gasteiger partial charge in [-0.05, 0) is 19.4 Å². The summed E-state index contributed by atoms with van der Waals surface area (Å²) in [6.07, 6.45) is 7.77. The van der Waals surface area contributed by atoms with E-state index in [0.29, 0.717) is 0 Å². The quantitative estimate of drug-likeness (QED) is 0.748. The smallest absolute Gasteiger partial charge is 0.314 e. The minimum atomic E-state index is -0.323. The molecule has 2 amide bonds. The van der Waals surface area contributed by atoms with E-state index in [2.05, 4.69) is 5.32 Å². The van der Waals surface area contributed by atoms with Crippen LogP contribution in [0.1, 0.15) is 38.5 Å². The maximum absolute atomic E-state index is 11.2. The van der Waals surface area contributed by atoms with Crippen LogP contribution in [-0.2, 0) is 0 Å². The van der Waals surface area contributed by atoms with Crippen molar-refractivity contribution in [1.29, 1.82) is 0 Å². The molecule has 1 fully saturated rings. The molecule has 0 heterocycles. The number of nitrogens with zero attached hydrogens (tertiary/aromatic N) is 1. The largest absolute Gasteiger partial charge is 0.351 e. The highest BCUT2D eigenvalue weighted by atomic mass is 16.2. The van der Waals surface area contributed by atoms with Gasteiger partial charge in [0.25, 0.3) is 0 Å². The molecule has 16 heavy (non-hydrogen) atoms. The molecule has 1 aliphatic rings. The summed E-state index contributed by atoms with van der Waals surface area (Å²) in [4.78, 5) is 12.8. The van der Waals surface area contributed by atoms with Crippen molar-refractivity contribution < 1.29 is 4.79 Å². The first kappa shape index (κ1) is 13.3.